The molecule has 0 amide bonds. The number of sulfonamides is 2. The number of hydrogen-bond acceptors (Lipinski definition) is 24. The molecule has 0 spiro atoms. The average Bonchev–Trinajstić information content (AvgIpc) is 1.68. The Balaban J connectivity index is 0.000000212. The van der Waals surface area contributed by atoms with Crippen molar-refractivity contribution in [1.29, 1.82) is 0 Å². The number of rotatable bonds is 16. The fraction of sp³-hybridized carbons (Fsp3) is 0.284. The first-order chi connectivity index (χ1) is 64.5. The van der Waals surface area contributed by atoms with Crippen LogP contribution in [0.4, 0.5) is 49.7 Å². The van der Waals surface area contributed by atoms with E-state index < -0.39 is 84.0 Å². The molecule has 140 heavy (non-hydrogen) atoms. The molecule has 3 aliphatic rings. The Morgan fingerprint density at radius 3 is 1.32 bits per heavy atom. The minimum absolute atomic E-state index is 0. The molecule has 0 radical (unpaired) electrons. The molecule has 7 aromatic carbocycles. The monoisotopic (exact) mass is 2230 g/mol. The maximum Gasteiger partial charge on any atom is 0.494 e. The third-order valence-corrected chi connectivity index (χ3v) is 31.0. The van der Waals surface area contributed by atoms with E-state index in [1.165, 1.54) is 105 Å². The summed E-state index contributed by atoms with van der Waals surface area (Å²) in [6, 6.07) is 48.5. The van der Waals surface area contributed by atoms with E-state index in [4.69, 9.17) is 67.2 Å². The summed E-state index contributed by atoms with van der Waals surface area (Å²) in [6.45, 7) is 14.8. The van der Waals surface area contributed by atoms with Gasteiger partial charge in [0.15, 0.2) is 44.7 Å². The summed E-state index contributed by atoms with van der Waals surface area (Å²) in [5, 5.41) is 6.49. The predicted octanol–water partition coefficient (Wildman–Crippen LogP) is 20.7. The van der Waals surface area contributed by atoms with E-state index in [1.54, 1.807) is 82.4 Å². The third-order valence-electron chi connectivity index (χ3n) is 22.8. The van der Waals surface area contributed by atoms with Crippen molar-refractivity contribution >= 4 is 202 Å². The van der Waals surface area contributed by atoms with Gasteiger partial charge < -0.3 is 46.8 Å². The first-order valence-corrected chi connectivity index (χ1v) is 50.7. The van der Waals surface area contributed by atoms with E-state index in [9.17, 15) is 47.2 Å². The topological polar surface area (TPSA) is 407 Å². The molecule has 3 fully saturated rings. The number of benzene rings is 7. The van der Waals surface area contributed by atoms with Crippen molar-refractivity contribution in [2.45, 2.75) is 167 Å². The lowest BCUT2D eigenvalue weighted by Gasteiger charge is -2.32. The molecule has 2 saturated carbocycles. The van der Waals surface area contributed by atoms with Crippen LogP contribution in [0.1, 0.15) is 108 Å². The molecule has 1 aliphatic heterocycles. The molecule has 17 rings (SSSR count). The van der Waals surface area contributed by atoms with Crippen molar-refractivity contribution in [1.82, 2.24) is 59.6 Å². The number of thiol groups is 1. The maximum absolute atomic E-state index is 15.1. The first-order valence-electron chi connectivity index (χ1n) is 42.6. The highest BCUT2D eigenvalue weighted by Gasteiger charge is 2.52. The second-order valence-corrected chi connectivity index (χ2v) is 42.7. The summed E-state index contributed by atoms with van der Waals surface area (Å²) in [5.41, 5.74) is 17.1. The highest BCUT2D eigenvalue weighted by molar-refractivity contribution is 9.10. The molecule has 1 saturated heterocycles. The third kappa shape index (κ3) is 30.7. The number of pyridine rings is 4. The van der Waals surface area contributed by atoms with Crippen molar-refractivity contribution in [3.63, 3.8) is 0 Å². The van der Waals surface area contributed by atoms with Gasteiger partial charge in [-0.05, 0) is 287 Å². The van der Waals surface area contributed by atoms with E-state index in [2.05, 4.69) is 147 Å². The largest absolute Gasteiger partial charge is 0.494 e. The quantitative estimate of drug-likeness (QED) is 0.0226. The second-order valence-electron chi connectivity index (χ2n) is 33.6. The lowest BCUT2D eigenvalue weighted by atomic mass is 9.78. The smallest absolute Gasteiger partial charge is 0.412 e. The van der Waals surface area contributed by atoms with Crippen LogP contribution in [0.3, 0.4) is 0 Å². The van der Waals surface area contributed by atoms with Crippen LogP contribution in [0.2, 0.25) is 20.1 Å². The van der Waals surface area contributed by atoms with Gasteiger partial charge in [0.25, 0.3) is 20.0 Å². The van der Waals surface area contributed by atoms with E-state index in [1.807, 2.05) is 82.3 Å². The predicted molar refractivity (Wildman–Crippen MR) is 555 cm³/mol. The molecule has 0 atom stereocenters. The lowest BCUT2D eigenvalue weighted by Crippen LogP contribution is -2.41. The average molecular weight is 2230 g/mol. The molecular weight excluding hydrogens is 2130 g/mol. The van der Waals surface area contributed by atoms with Crippen LogP contribution in [0, 0.1) is 63.1 Å². The van der Waals surface area contributed by atoms with Crippen LogP contribution in [0.25, 0.3) is 55.0 Å². The Kier molecular flexibility index (Phi) is 41.7. The van der Waals surface area contributed by atoms with Crippen LogP contribution in [-0.2, 0) is 44.9 Å². The molecule has 746 valence electrons. The number of nitrogens with one attached hydrogen (secondary N) is 3. The van der Waals surface area contributed by atoms with Gasteiger partial charge in [-0.1, -0.05) is 119 Å². The second kappa shape index (κ2) is 50.5. The number of sulfone groups is 1. The van der Waals surface area contributed by atoms with Gasteiger partial charge in [-0.15, -0.1) is 25.0 Å². The van der Waals surface area contributed by atoms with Crippen LogP contribution in [0.5, 0.6) is 0 Å². The number of aryl methyl sites for hydroxylation is 4. The zero-order valence-corrected chi connectivity index (χ0v) is 88.0. The summed E-state index contributed by atoms with van der Waals surface area (Å²) in [6.07, 6.45) is 12.4. The molecule has 11 N–H and O–H groups in total. The Morgan fingerprint density at radius 2 is 0.864 bits per heavy atom. The number of nitrogens with zero attached hydrogens (tertiary/aromatic N) is 12. The number of fused-ring (bicyclic) bond motifs is 3. The zero-order valence-electron chi connectivity index (χ0n) is 77.6. The van der Waals surface area contributed by atoms with Gasteiger partial charge in [-0.3, -0.25) is 14.4 Å². The van der Waals surface area contributed by atoms with Gasteiger partial charge in [0.05, 0.1) is 69.8 Å². The fourth-order valence-electron chi connectivity index (χ4n) is 14.4. The van der Waals surface area contributed by atoms with Gasteiger partial charge in [-0.25, -0.2) is 87.7 Å². The van der Waals surface area contributed by atoms with E-state index in [0.29, 0.717) is 93.9 Å². The summed E-state index contributed by atoms with van der Waals surface area (Å²) in [7, 11) is -3.86. The molecule has 0 unspecified atom stereocenters. The Hall–Kier alpha value is -9.67. The highest BCUT2D eigenvalue weighted by atomic mass is 79.9. The number of halogens is 13. The van der Waals surface area contributed by atoms with Crippen molar-refractivity contribution in [3.05, 3.63) is 287 Å². The standard InChI is InChI=1S/C29H31ClFN5O2S.C20H13ClF2N4O2S.C14H16BFN2O2.C12H9BrClFN2O2S.C8H18N2.C6H6BrFN2.C6H5ClS.ClH.2H2O/c1-18-23(15-25(31)27(33-18)17-39(37,38)28-7-5-4-6-24(28)30)19-8-13-26-20(14-19)16-32-29(35-26)34-21-9-11-22(12-10-21)36(2)3;1-11-14(12-6-7-17-13(8-12)10-24-20(23)26-17)9-16(22)19(25-11)27-30(28,29)18-5-3-2-4-15(18)21;1-13(2)14(3,4)20-15(19-13)10-5-6-11-9(7-10)8-17-12(16)18-11;1-7-8(13)6-10(15)12(16-7)17-20(18,19)11-5-3-2-4-9(11)14;1-10(2)8-5-3-7(9)4-6-8;1-3-4(7)2-5(8)6(9)10-3;7-5-3-1-2-4-6(5)8;;;/h4-8,13-16,21-22H,9-12,17H2,1-3H3,(H,32,34,35);2-10H,1H3,(H,25,27);5-8H,1-4H3;2-6H,1H3,(H,16,17);7-8H,3-6,9H2,1-2H3;2H,1H3,(H2,9,10);1-4,8H;1H;2*1H2. The highest BCUT2D eigenvalue weighted by Crippen LogP contribution is 2.39. The first kappa shape index (κ1) is 116. The zero-order chi connectivity index (χ0) is 99.9. The molecule has 8 heterocycles. The van der Waals surface area contributed by atoms with Crippen molar-refractivity contribution < 1.29 is 71.9 Å². The minimum atomic E-state index is -4.13. The number of hydrogen-bond donors (Lipinski definition) is 6. The molecule has 7 aromatic heterocycles. The van der Waals surface area contributed by atoms with E-state index in [-0.39, 0.29) is 81.6 Å². The maximum atomic E-state index is 15.1. The summed E-state index contributed by atoms with van der Waals surface area (Å²) in [5.74, 6) is -3.66. The van der Waals surface area contributed by atoms with Crippen LogP contribution in [0.15, 0.2) is 223 Å². The Morgan fingerprint density at radius 1 is 0.471 bits per heavy atom. The Bertz CT molecular complexity index is 7010. The number of anilines is 4. The summed E-state index contributed by atoms with van der Waals surface area (Å²) >= 11 is 33.8. The molecule has 45 heteroatoms. The van der Waals surface area contributed by atoms with E-state index in [0.717, 1.165) is 70.0 Å². The normalized spacial score (nSPS) is 15.8. The molecule has 0 bridgehead atoms. The molecular formula is C95H103BBr2Cl5F6N17O10S4. The fourth-order valence-corrected chi connectivity index (χ4v) is 20.2. The van der Waals surface area contributed by atoms with Gasteiger partial charge in [-0.2, -0.15) is 8.78 Å². The summed E-state index contributed by atoms with van der Waals surface area (Å²) in [4.78, 5) is 44.8. The number of aromatic nitrogens is 10. The minimum Gasteiger partial charge on any atom is -0.412 e. The van der Waals surface area contributed by atoms with E-state index >= 15 is 4.39 Å². The van der Waals surface area contributed by atoms with Crippen molar-refractivity contribution in [2.24, 2.45) is 5.73 Å². The number of nitrogens with two attached hydrogens (primary N) is 2. The lowest BCUT2D eigenvalue weighted by molar-refractivity contribution is 0.00578. The Labute approximate surface area is 857 Å². The van der Waals surface area contributed by atoms with Crippen LogP contribution >= 0.6 is 103 Å². The van der Waals surface area contributed by atoms with Gasteiger partial charge in [0, 0.05) is 95.3 Å². The SMILES string of the molecule is CC1(C)OB(c2ccc3nc(F)ncc3c2)OC1(C)C.CN(C)C1CCC(N)CC1.Cc1nc(CS(=O)(=O)c2ccccc2Cl)c(F)cc1-c1ccc2nc(NC3CCC(N(C)C)CC3)ncc2c1.Cc1nc(N)c(F)cc1Br.Cc1nc(NS(=O)(=O)c2ccccc2Cl)c(F)cc1-c1ccc2nc(F)ncc2c1.Cc1nc(NS(=O)(=O)c2ccccc2Cl)c(F)cc1Br.Cl.O.O.Sc1ccccc1Cl. The number of nitrogen functional groups attached to an aromatic ring is 1. The van der Waals surface area contributed by atoms with Crippen LogP contribution < -0.4 is 31.7 Å². The van der Waals surface area contributed by atoms with Crippen LogP contribution in [-0.4, -0.2) is 167 Å². The van der Waals surface area contributed by atoms with Gasteiger partial charge in [0.2, 0.25) is 5.95 Å². The molecule has 27 nitrogen and oxygen atoms in total. The van der Waals surface area contributed by atoms with Crippen molar-refractivity contribution in [2.75, 3.05) is 48.7 Å². The van der Waals surface area contributed by atoms with Crippen molar-refractivity contribution in [3.8, 4) is 22.3 Å². The molecule has 14 aromatic rings. The summed E-state index contributed by atoms with van der Waals surface area (Å²) < 4.78 is 175. The van der Waals surface area contributed by atoms with Gasteiger partial charge in [0.1, 0.15) is 21.4 Å². The molecule has 2 aliphatic carbocycles. The van der Waals surface area contributed by atoms with Gasteiger partial charge >= 0.3 is 19.3 Å².